The van der Waals surface area contributed by atoms with Crippen molar-refractivity contribution in [1.29, 1.82) is 0 Å². The Hall–Kier alpha value is -1.28. The maximum atomic E-state index is 3.92. The lowest BCUT2D eigenvalue weighted by molar-refractivity contribution is 0.320. The smallest absolute Gasteiger partial charge is 0.0458 e. The van der Waals surface area contributed by atoms with Crippen LogP contribution in [0.1, 0.15) is 49.8 Å². The number of H-pyrrole nitrogens is 1. The van der Waals surface area contributed by atoms with Gasteiger partial charge in [0.05, 0.1) is 0 Å². The van der Waals surface area contributed by atoms with Gasteiger partial charge in [-0.1, -0.05) is 37.5 Å². The highest BCUT2D eigenvalue weighted by Gasteiger charge is 2.24. The molecule has 4 rings (SSSR count). The zero-order valence-electron chi connectivity index (χ0n) is 12.1. The van der Waals surface area contributed by atoms with Crippen LogP contribution in [0.25, 0.3) is 10.9 Å². The third-order valence-corrected chi connectivity index (χ3v) is 5.17. The van der Waals surface area contributed by atoms with Gasteiger partial charge in [0.15, 0.2) is 0 Å². The molecule has 1 unspecified atom stereocenters. The number of aromatic nitrogens is 1. The van der Waals surface area contributed by atoms with E-state index in [-0.39, 0.29) is 0 Å². The highest BCUT2D eigenvalue weighted by Crippen LogP contribution is 2.29. The van der Waals surface area contributed by atoms with Crippen molar-refractivity contribution in [1.82, 2.24) is 10.3 Å². The van der Waals surface area contributed by atoms with Crippen LogP contribution >= 0.6 is 0 Å². The molecule has 1 aromatic heterocycles. The monoisotopic (exact) mass is 268 g/mol. The first-order chi connectivity index (χ1) is 9.90. The lowest BCUT2D eigenvalue weighted by Gasteiger charge is -2.30. The van der Waals surface area contributed by atoms with E-state index >= 15 is 0 Å². The second-order valence-corrected chi connectivity index (χ2v) is 6.57. The average Bonchev–Trinajstić information content (AvgIpc) is 2.86. The largest absolute Gasteiger partial charge is 0.358 e. The number of rotatable bonds is 2. The van der Waals surface area contributed by atoms with E-state index in [1.54, 1.807) is 5.56 Å². The zero-order chi connectivity index (χ0) is 13.4. The summed E-state index contributed by atoms with van der Waals surface area (Å²) >= 11 is 0. The van der Waals surface area contributed by atoms with Crippen molar-refractivity contribution in [3.63, 3.8) is 0 Å². The van der Waals surface area contributed by atoms with Gasteiger partial charge in [-0.25, -0.2) is 0 Å². The van der Waals surface area contributed by atoms with E-state index in [1.807, 2.05) is 0 Å². The van der Waals surface area contributed by atoms with Crippen LogP contribution in [0.4, 0.5) is 0 Å². The van der Waals surface area contributed by atoms with Gasteiger partial charge in [-0.15, -0.1) is 0 Å². The van der Waals surface area contributed by atoms with Gasteiger partial charge in [0.1, 0.15) is 0 Å². The third kappa shape index (κ3) is 2.26. The summed E-state index contributed by atoms with van der Waals surface area (Å²) in [5.41, 5.74) is 4.36. The molecular weight excluding hydrogens is 244 g/mol. The molecule has 1 heterocycles. The number of benzene rings is 1. The first-order valence-corrected chi connectivity index (χ1v) is 8.24. The maximum absolute atomic E-state index is 3.92. The molecule has 2 aromatic rings. The van der Waals surface area contributed by atoms with Gasteiger partial charge in [0.25, 0.3) is 0 Å². The summed E-state index contributed by atoms with van der Waals surface area (Å²) in [7, 11) is 0. The Morgan fingerprint density at radius 3 is 2.70 bits per heavy atom. The van der Waals surface area contributed by atoms with Gasteiger partial charge < -0.3 is 10.3 Å². The van der Waals surface area contributed by atoms with Gasteiger partial charge in [-0.3, -0.25) is 0 Å². The lowest BCUT2D eigenvalue weighted by atomic mass is 9.89. The number of para-hydroxylation sites is 1. The summed E-state index contributed by atoms with van der Waals surface area (Å²) in [6.45, 7) is 0. The minimum absolute atomic E-state index is 0.679. The van der Waals surface area contributed by atoms with Crippen molar-refractivity contribution < 1.29 is 0 Å². The number of nitrogens with one attached hydrogen (secondary N) is 2. The molecule has 0 saturated heterocycles. The molecule has 0 radical (unpaired) electrons. The molecule has 2 aliphatic rings. The van der Waals surface area contributed by atoms with Crippen molar-refractivity contribution in [3.05, 3.63) is 35.5 Å². The molecule has 2 N–H and O–H groups in total. The molecule has 20 heavy (non-hydrogen) atoms. The van der Waals surface area contributed by atoms with Gasteiger partial charge >= 0.3 is 0 Å². The van der Waals surface area contributed by atoms with Crippen molar-refractivity contribution in [2.24, 2.45) is 0 Å². The molecule has 1 saturated carbocycles. The predicted molar refractivity (Wildman–Crippen MR) is 84.1 cm³/mol. The summed E-state index contributed by atoms with van der Waals surface area (Å²) in [6, 6.07) is 10.2. The van der Waals surface area contributed by atoms with Crippen LogP contribution in [0.5, 0.6) is 0 Å². The van der Waals surface area contributed by atoms with E-state index in [4.69, 9.17) is 0 Å². The van der Waals surface area contributed by atoms with Crippen molar-refractivity contribution >= 4 is 10.9 Å². The van der Waals surface area contributed by atoms with Crippen LogP contribution in [0.3, 0.4) is 0 Å². The Balaban J connectivity index is 1.51. The molecular formula is C18H24N2. The van der Waals surface area contributed by atoms with Gasteiger partial charge in [-0.2, -0.15) is 0 Å². The number of fused-ring (bicyclic) bond motifs is 3. The Bertz CT molecular complexity index is 592. The van der Waals surface area contributed by atoms with E-state index in [9.17, 15) is 0 Å². The van der Waals surface area contributed by atoms with Crippen molar-refractivity contribution in [3.8, 4) is 0 Å². The average molecular weight is 268 g/mol. The third-order valence-electron chi connectivity index (χ3n) is 5.17. The van der Waals surface area contributed by atoms with E-state index < -0.39 is 0 Å². The molecule has 2 nitrogen and oxygen atoms in total. The van der Waals surface area contributed by atoms with E-state index in [2.05, 4.69) is 34.6 Å². The first-order valence-electron chi connectivity index (χ1n) is 8.24. The van der Waals surface area contributed by atoms with Gasteiger partial charge in [-0.05, 0) is 37.3 Å². The quantitative estimate of drug-likeness (QED) is 0.848. The molecule has 106 valence electrons. The number of aryl methyl sites for hydroxylation is 1. The van der Waals surface area contributed by atoms with E-state index in [1.165, 1.54) is 68.0 Å². The Kier molecular flexibility index (Phi) is 3.27. The van der Waals surface area contributed by atoms with E-state index in [0.717, 1.165) is 6.04 Å². The fraction of sp³-hybridized carbons (Fsp3) is 0.556. The SMILES string of the molecule is c1ccc2c3c([nH]c2c1)CC(NC1CCCCC1)CC3. The molecule has 1 atom stereocenters. The fourth-order valence-electron chi connectivity index (χ4n) is 4.13. The van der Waals surface area contributed by atoms with Crippen LogP contribution in [0.15, 0.2) is 24.3 Å². The van der Waals surface area contributed by atoms with E-state index in [0.29, 0.717) is 6.04 Å². The highest BCUT2D eigenvalue weighted by atomic mass is 15.0. The molecule has 0 amide bonds. The van der Waals surface area contributed by atoms with Crippen molar-refractivity contribution in [2.75, 3.05) is 0 Å². The number of aromatic amines is 1. The van der Waals surface area contributed by atoms with Crippen molar-refractivity contribution in [2.45, 2.75) is 63.5 Å². The molecule has 1 fully saturated rings. The minimum atomic E-state index is 0.679. The summed E-state index contributed by atoms with van der Waals surface area (Å²) in [5, 5.41) is 5.37. The highest BCUT2D eigenvalue weighted by molar-refractivity contribution is 5.84. The van der Waals surface area contributed by atoms with Crippen LogP contribution in [0, 0.1) is 0 Å². The summed E-state index contributed by atoms with van der Waals surface area (Å²) in [4.78, 5) is 3.64. The lowest BCUT2D eigenvalue weighted by Crippen LogP contribution is -2.42. The Morgan fingerprint density at radius 1 is 0.950 bits per heavy atom. The molecule has 0 bridgehead atoms. The summed E-state index contributed by atoms with van der Waals surface area (Å²) in [6.07, 6.45) is 10.8. The zero-order valence-corrected chi connectivity index (χ0v) is 12.1. The summed E-state index contributed by atoms with van der Waals surface area (Å²) < 4.78 is 0. The first kappa shape index (κ1) is 12.5. The molecule has 0 spiro atoms. The molecule has 0 aliphatic heterocycles. The standard InChI is InChI=1S/C18H24N2/c1-2-6-13(7-3-1)19-14-10-11-16-15-8-4-5-9-17(15)20-18(16)12-14/h4-5,8-9,13-14,19-20H,1-3,6-7,10-12H2. The normalized spacial score (nSPS) is 23.9. The number of hydrogen-bond acceptors (Lipinski definition) is 1. The molecule has 2 heteroatoms. The Morgan fingerprint density at radius 2 is 1.80 bits per heavy atom. The predicted octanol–water partition coefficient (Wildman–Crippen LogP) is 3.95. The molecule has 1 aromatic carbocycles. The van der Waals surface area contributed by atoms with Crippen LogP contribution in [-0.2, 0) is 12.8 Å². The Labute approximate surface area is 121 Å². The fourth-order valence-corrected chi connectivity index (χ4v) is 4.13. The minimum Gasteiger partial charge on any atom is -0.358 e. The topological polar surface area (TPSA) is 27.8 Å². The van der Waals surface area contributed by atoms with Crippen LogP contribution in [-0.4, -0.2) is 17.1 Å². The number of hydrogen-bond donors (Lipinski definition) is 2. The van der Waals surface area contributed by atoms with Crippen LogP contribution in [0.2, 0.25) is 0 Å². The van der Waals surface area contributed by atoms with Gasteiger partial charge in [0, 0.05) is 35.1 Å². The second-order valence-electron chi connectivity index (χ2n) is 6.57. The van der Waals surface area contributed by atoms with Gasteiger partial charge in [0.2, 0.25) is 0 Å². The second kappa shape index (κ2) is 5.25. The summed E-state index contributed by atoms with van der Waals surface area (Å²) in [5.74, 6) is 0. The maximum Gasteiger partial charge on any atom is 0.0458 e. The van der Waals surface area contributed by atoms with Crippen LogP contribution < -0.4 is 5.32 Å². The molecule has 2 aliphatic carbocycles.